The first-order chi connectivity index (χ1) is 12.7. The van der Waals surface area contributed by atoms with E-state index >= 15 is 0 Å². The maximum atomic E-state index is 12.4. The van der Waals surface area contributed by atoms with Gasteiger partial charge >= 0.3 is 0 Å². The molecule has 1 N–H and O–H groups in total. The molecule has 1 amide bonds. The van der Waals surface area contributed by atoms with Gasteiger partial charge in [0.15, 0.2) is 5.16 Å². The van der Waals surface area contributed by atoms with E-state index in [0.29, 0.717) is 18.3 Å². The van der Waals surface area contributed by atoms with Crippen molar-refractivity contribution in [3.05, 3.63) is 36.9 Å². The van der Waals surface area contributed by atoms with Crippen molar-refractivity contribution in [3.8, 4) is 0 Å². The minimum atomic E-state index is 0.108. The molecule has 2 heterocycles. The summed E-state index contributed by atoms with van der Waals surface area (Å²) in [6.07, 6.45) is 6.73. The van der Waals surface area contributed by atoms with E-state index in [0.717, 1.165) is 48.2 Å². The maximum absolute atomic E-state index is 12.4. The standard InChI is InChI=1S/C20H26N4OS/c1-2-11-24-18-6-4-3-5-17(18)22-20(24)26-14-19(25)21-15-9-12-23(13-10-15)16-7-8-16/h2-6,15-16H,1,7-14H2,(H,21,25). The van der Waals surface area contributed by atoms with Crippen molar-refractivity contribution >= 4 is 28.7 Å². The molecule has 26 heavy (non-hydrogen) atoms. The molecule has 1 saturated heterocycles. The average molecular weight is 371 g/mol. The molecule has 2 aromatic rings. The van der Waals surface area contributed by atoms with Gasteiger partial charge in [-0.25, -0.2) is 4.98 Å². The number of amides is 1. The van der Waals surface area contributed by atoms with Crippen molar-refractivity contribution < 1.29 is 4.79 Å². The minimum absolute atomic E-state index is 0.108. The SMILES string of the molecule is C=CCn1c(SCC(=O)NC2CCN(C3CC3)CC2)nc2ccccc21. The third-order valence-corrected chi connectivity index (χ3v) is 6.20. The van der Waals surface area contributed by atoms with Crippen LogP contribution in [0.5, 0.6) is 0 Å². The number of nitrogens with one attached hydrogen (secondary N) is 1. The summed E-state index contributed by atoms with van der Waals surface area (Å²) in [5, 5.41) is 4.09. The fourth-order valence-corrected chi connectivity index (χ4v) is 4.55. The van der Waals surface area contributed by atoms with Gasteiger partial charge < -0.3 is 14.8 Å². The molecule has 6 heteroatoms. The lowest BCUT2D eigenvalue weighted by molar-refractivity contribution is -0.119. The molecule has 0 radical (unpaired) electrons. The van der Waals surface area contributed by atoms with Crippen LogP contribution < -0.4 is 5.32 Å². The zero-order chi connectivity index (χ0) is 17.9. The summed E-state index contributed by atoms with van der Waals surface area (Å²) in [6.45, 7) is 6.78. The Morgan fingerprint density at radius 2 is 2.04 bits per heavy atom. The summed E-state index contributed by atoms with van der Waals surface area (Å²) in [5.74, 6) is 0.514. The first-order valence-corrected chi connectivity index (χ1v) is 10.5. The van der Waals surface area contributed by atoms with E-state index in [1.54, 1.807) is 0 Å². The number of allylic oxidation sites excluding steroid dienone is 1. The lowest BCUT2D eigenvalue weighted by atomic mass is 10.1. The molecule has 0 atom stereocenters. The van der Waals surface area contributed by atoms with Gasteiger partial charge in [0, 0.05) is 31.7 Å². The van der Waals surface area contributed by atoms with Crippen LogP contribution in [0.3, 0.4) is 0 Å². The number of benzene rings is 1. The maximum Gasteiger partial charge on any atom is 0.230 e. The lowest BCUT2D eigenvalue weighted by Crippen LogP contribution is -2.45. The van der Waals surface area contributed by atoms with Crippen LogP contribution in [0, 0.1) is 0 Å². The van der Waals surface area contributed by atoms with Gasteiger partial charge in [-0.05, 0) is 37.8 Å². The molecule has 1 aromatic heterocycles. The predicted molar refractivity (Wildman–Crippen MR) is 106 cm³/mol. The number of thioether (sulfide) groups is 1. The molecule has 0 unspecified atom stereocenters. The van der Waals surface area contributed by atoms with Crippen molar-refractivity contribution in [1.82, 2.24) is 19.8 Å². The van der Waals surface area contributed by atoms with Crippen LogP contribution in [0.25, 0.3) is 11.0 Å². The molecule has 138 valence electrons. The normalized spacial score (nSPS) is 18.9. The van der Waals surface area contributed by atoms with E-state index in [9.17, 15) is 4.79 Å². The van der Waals surface area contributed by atoms with E-state index in [2.05, 4.69) is 32.4 Å². The molecule has 4 rings (SSSR count). The van der Waals surface area contributed by atoms with E-state index in [4.69, 9.17) is 0 Å². The zero-order valence-corrected chi connectivity index (χ0v) is 15.9. The average Bonchev–Trinajstić information content (AvgIpc) is 3.44. The molecule has 2 fully saturated rings. The second-order valence-corrected chi connectivity index (χ2v) is 8.12. The number of likely N-dealkylation sites (tertiary alicyclic amines) is 1. The fraction of sp³-hybridized carbons (Fsp3) is 0.500. The number of para-hydroxylation sites is 2. The quantitative estimate of drug-likeness (QED) is 0.601. The Morgan fingerprint density at radius 3 is 2.77 bits per heavy atom. The number of hydrogen-bond acceptors (Lipinski definition) is 4. The van der Waals surface area contributed by atoms with Gasteiger partial charge in [0.2, 0.25) is 5.91 Å². The Kier molecular flexibility index (Phi) is 5.31. The number of aromatic nitrogens is 2. The Bertz CT molecular complexity index is 790. The number of fused-ring (bicyclic) bond motifs is 1. The zero-order valence-electron chi connectivity index (χ0n) is 15.1. The topological polar surface area (TPSA) is 50.2 Å². The smallest absolute Gasteiger partial charge is 0.230 e. The van der Waals surface area contributed by atoms with Crippen molar-refractivity contribution in [2.45, 2.75) is 49.5 Å². The van der Waals surface area contributed by atoms with Crippen LogP contribution >= 0.6 is 11.8 Å². The Hall–Kier alpha value is -1.79. The molecule has 5 nitrogen and oxygen atoms in total. The molecule has 1 saturated carbocycles. The number of nitrogens with zero attached hydrogens (tertiary/aromatic N) is 3. The van der Waals surface area contributed by atoms with E-state index < -0.39 is 0 Å². The summed E-state index contributed by atoms with van der Waals surface area (Å²) in [7, 11) is 0. The van der Waals surface area contributed by atoms with Crippen molar-refractivity contribution in [2.75, 3.05) is 18.8 Å². The monoisotopic (exact) mass is 370 g/mol. The summed E-state index contributed by atoms with van der Waals surface area (Å²) < 4.78 is 2.12. The Labute approximate surface area is 158 Å². The van der Waals surface area contributed by atoms with Crippen LogP contribution in [-0.4, -0.2) is 51.3 Å². The van der Waals surface area contributed by atoms with Crippen molar-refractivity contribution in [3.63, 3.8) is 0 Å². The number of imidazole rings is 1. The predicted octanol–water partition coefficient (Wildman–Crippen LogP) is 3.06. The number of rotatable bonds is 7. The van der Waals surface area contributed by atoms with E-state index in [1.165, 1.54) is 24.6 Å². The number of carbonyl (C=O) groups is 1. The van der Waals surface area contributed by atoms with Gasteiger partial charge in [0.25, 0.3) is 0 Å². The first kappa shape index (κ1) is 17.6. The highest BCUT2D eigenvalue weighted by Gasteiger charge is 2.32. The van der Waals surface area contributed by atoms with E-state index in [-0.39, 0.29) is 5.91 Å². The highest BCUT2D eigenvalue weighted by Crippen LogP contribution is 2.29. The van der Waals surface area contributed by atoms with Gasteiger partial charge in [-0.3, -0.25) is 4.79 Å². The summed E-state index contributed by atoms with van der Waals surface area (Å²) in [6, 6.07) is 9.22. The van der Waals surface area contributed by atoms with Crippen molar-refractivity contribution in [2.24, 2.45) is 0 Å². The summed E-state index contributed by atoms with van der Waals surface area (Å²) >= 11 is 1.51. The Morgan fingerprint density at radius 1 is 1.27 bits per heavy atom. The molecule has 0 spiro atoms. The highest BCUT2D eigenvalue weighted by atomic mass is 32.2. The van der Waals surface area contributed by atoms with Gasteiger partial charge in [-0.15, -0.1) is 6.58 Å². The number of piperidine rings is 1. The first-order valence-electron chi connectivity index (χ1n) is 9.47. The van der Waals surface area contributed by atoms with Crippen LogP contribution in [0.1, 0.15) is 25.7 Å². The summed E-state index contributed by atoms with van der Waals surface area (Å²) in [5.41, 5.74) is 2.05. The second kappa shape index (κ2) is 7.84. The van der Waals surface area contributed by atoms with Gasteiger partial charge in [0.1, 0.15) is 0 Å². The summed E-state index contributed by atoms with van der Waals surface area (Å²) in [4.78, 5) is 19.7. The third-order valence-electron chi connectivity index (χ3n) is 5.22. The molecule has 1 aromatic carbocycles. The van der Waals surface area contributed by atoms with Gasteiger partial charge in [0.05, 0.1) is 16.8 Å². The number of hydrogen-bond donors (Lipinski definition) is 1. The molecule has 2 aliphatic rings. The van der Waals surface area contributed by atoms with Crippen LogP contribution in [0.4, 0.5) is 0 Å². The van der Waals surface area contributed by atoms with Gasteiger partial charge in [-0.1, -0.05) is 30.0 Å². The fourth-order valence-electron chi connectivity index (χ4n) is 3.72. The highest BCUT2D eigenvalue weighted by molar-refractivity contribution is 7.99. The van der Waals surface area contributed by atoms with Crippen LogP contribution in [0.2, 0.25) is 0 Å². The third kappa shape index (κ3) is 3.96. The molecular formula is C20H26N4OS. The molecular weight excluding hydrogens is 344 g/mol. The van der Waals surface area contributed by atoms with Crippen LogP contribution in [0.15, 0.2) is 42.1 Å². The van der Waals surface area contributed by atoms with Gasteiger partial charge in [-0.2, -0.15) is 0 Å². The van der Waals surface area contributed by atoms with Crippen LogP contribution in [-0.2, 0) is 11.3 Å². The molecule has 1 aliphatic carbocycles. The minimum Gasteiger partial charge on any atom is -0.353 e. The largest absolute Gasteiger partial charge is 0.353 e. The lowest BCUT2D eigenvalue weighted by Gasteiger charge is -2.32. The van der Waals surface area contributed by atoms with E-state index in [1.807, 2.05) is 24.3 Å². The Balaban J connectivity index is 1.32. The molecule has 0 bridgehead atoms. The second-order valence-electron chi connectivity index (χ2n) is 7.18. The molecule has 1 aliphatic heterocycles. The number of carbonyl (C=O) groups excluding carboxylic acids is 1. The van der Waals surface area contributed by atoms with Crippen molar-refractivity contribution in [1.29, 1.82) is 0 Å².